The predicted octanol–water partition coefficient (Wildman–Crippen LogP) is 8.87. The summed E-state index contributed by atoms with van der Waals surface area (Å²) < 4.78 is 0. The van der Waals surface area contributed by atoms with Crippen LogP contribution in [-0.4, -0.2) is 5.78 Å². The van der Waals surface area contributed by atoms with Crippen LogP contribution in [0.4, 0.5) is 0 Å². The maximum Gasteiger partial charge on any atom is 0.163 e. The zero-order chi connectivity index (χ0) is 23.6. The molecule has 0 atom stereocenters. The summed E-state index contributed by atoms with van der Waals surface area (Å²) in [6, 6.07) is 42.3. The molecule has 1 aliphatic rings. The van der Waals surface area contributed by atoms with Gasteiger partial charge < -0.3 is 0 Å². The van der Waals surface area contributed by atoms with E-state index in [1.165, 1.54) is 22.3 Å². The molecule has 0 saturated carbocycles. The molecule has 0 aromatic heterocycles. The fraction of sp³-hybridized carbons (Fsp3) is 0.0882. The van der Waals surface area contributed by atoms with E-state index < -0.39 is 0 Å². The van der Waals surface area contributed by atoms with Crippen LogP contribution >= 0.6 is 0 Å². The van der Waals surface area contributed by atoms with E-state index in [9.17, 15) is 4.79 Å². The molecule has 1 nitrogen and oxygen atoms in total. The molecule has 168 valence electrons. The quantitative estimate of drug-likeness (QED) is 0.267. The zero-order valence-electron chi connectivity index (χ0n) is 19.6. The van der Waals surface area contributed by atoms with Gasteiger partial charge in [-0.25, -0.2) is 0 Å². The van der Waals surface area contributed by atoms with Crippen molar-refractivity contribution in [1.82, 2.24) is 0 Å². The molecule has 1 aliphatic carbocycles. The first-order chi connectivity index (χ1) is 17.3. The van der Waals surface area contributed by atoms with Crippen molar-refractivity contribution in [3.05, 3.63) is 132 Å². The maximum absolute atomic E-state index is 13.7. The average Bonchev–Trinajstić information content (AvgIpc) is 2.94. The van der Waals surface area contributed by atoms with E-state index in [1.807, 2.05) is 6.07 Å². The van der Waals surface area contributed by atoms with Gasteiger partial charge in [-0.15, -0.1) is 0 Å². The molecule has 0 heterocycles. The number of benzene rings is 5. The van der Waals surface area contributed by atoms with Gasteiger partial charge in [-0.3, -0.25) is 4.79 Å². The number of hydrogen-bond acceptors (Lipinski definition) is 1. The second-order valence-corrected chi connectivity index (χ2v) is 9.09. The summed E-state index contributed by atoms with van der Waals surface area (Å²) in [7, 11) is 0. The molecule has 35 heavy (non-hydrogen) atoms. The molecule has 0 fully saturated rings. The lowest BCUT2D eigenvalue weighted by atomic mass is 9.73. The Morgan fingerprint density at radius 3 is 1.14 bits per heavy atom. The lowest BCUT2D eigenvalue weighted by molar-refractivity contribution is 0.0973. The number of ketones is 1. The second-order valence-electron chi connectivity index (χ2n) is 9.09. The van der Waals surface area contributed by atoms with Crippen LogP contribution in [-0.2, 0) is 6.42 Å². The highest BCUT2D eigenvalue weighted by Gasteiger charge is 2.31. The van der Waals surface area contributed by atoms with E-state index in [2.05, 4.69) is 115 Å². The highest BCUT2D eigenvalue weighted by atomic mass is 16.1. The minimum Gasteiger partial charge on any atom is -0.294 e. The minimum absolute atomic E-state index is 0.249. The Labute approximate surface area is 206 Å². The van der Waals surface area contributed by atoms with Crippen LogP contribution in [0.3, 0.4) is 0 Å². The Kier molecular flexibility index (Phi) is 5.60. The molecule has 0 bridgehead atoms. The fourth-order valence-electron chi connectivity index (χ4n) is 5.51. The molecule has 0 saturated heterocycles. The third-order valence-corrected chi connectivity index (χ3v) is 6.96. The molecule has 0 amide bonds. The van der Waals surface area contributed by atoms with Crippen LogP contribution in [0.2, 0.25) is 0 Å². The molecule has 0 N–H and O–H groups in total. The van der Waals surface area contributed by atoms with Crippen molar-refractivity contribution in [1.29, 1.82) is 0 Å². The number of hydrogen-bond donors (Lipinski definition) is 0. The van der Waals surface area contributed by atoms with Gasteiger partial charge in [-0.1, -0.05) is 121 Å². The molecule has 0 aliphatic heterocycles. The average molecular weight is 451 g/mol. The lowest BCUT2D eigenvalue weighted by Gasteiger charge is -2.29. The Morgan fingerprint density at radius 2 is 0.714 bits per heavy atom. The summed E-state index contributed by atoms with van der Waals surface area (Å²) in [6.45, 7) is 0. The van der Waals surface area contributed by atoms with Gasteiger partial charge in [0.1, 0.15) is 0 Å². The Hall–Kier alpha value is -4.23. The first-order valence-corrected chi connectivity index (χ1v) is 12.3. The predicted molar refractivity (Wildman–Crippen MR) is 145 cm³/mol. The van der Waals surface area contributed by atoms with Crippen LogP contribution < -0.4 is 0 Å². The Balaban J connectivity index is 1.87. The molecule has 0 spiro atoms. The molecule has 1 heteroatoms. The largest absolute Gasteiger partial charge is 0.294 e. The van der Waals surface area contributed by atoms with Gasteiger partial charge in [-0.2, -0.15) is 0 Å². The van der Waals surface area contributed by atoms with Crippen LogP contribution in [0.25, 0.3) is 44.5 Å². The van der Waals surface area contributed by atoms with Crippen molar-refractivity contribution in [3.63, 3.8) is 0 Å². The maximum atomic E-state index is 13.7. The summed E-state index contributed by atoms with van der Waals surface area (Å²) in [5, 5.41) is 0. The molecule has 0 unspecified atom stereocenters. The van der Waals surface area contributed by atoms with Gasteiger partial charge in [0.15, 0.2) is 5.78 Å². The molecule has 5 aromatic carbocycles. The Morgan fingerprint density at radius 1 is 0.371 bits per heavy atom. The van der Waals surface area contributed by atoms with Crippen molar-refractivity contribution in [2.24, 2.45) is 0 Å². The van der Waals surface area contributed by atoms with Gasteiger partial charge in [0, 0.05) is 17.5 Å². The fourth-order valence-corrected chi connectivity index (χ4v) is 5.51. The first kappa shape index (κ1) is 21.3. The SMILES string of the molecule is O=C1CCCc2c1c(-c1ccccc1)c(-c1ccccc1)c(-c1ccccc1)c2-c1ccccc1. The topological polar surface area (TPSA) is 17.1 Å². The summed E-state index contributed by atoms with van der Waals surface area (Å²) in [6.07, 6.45) is 2.39. The van der Waals surface area contributed by atoms with Gasteiger partial charge in [0.2, 0.25) is 0 Å². The van der Waals surface area contributed by atoms with Gasteiger partial charge in [-0.05, 0) is 57.3 Å². The number of fused-ring (bicyclic) bond motifs is 1. The van der Waals surface area contributed by atoms with Gasteiger partial charge >= 0.3 is 0 Å². The van der Waals surface area contributed by atoms with Crippen LogP contribution in [0.15, 0.2) is 121 Å². The zero-order valence-corrected chi connectivity index (χ0v) is 19.6. The van der Waals surface area contributed by atoms with Crippen molar-refractivity contribution in [2.75, 3.05) is 0 Å². The molecule has 5 aromatic rings. The number of carbonyl (C=O) groups is 1. The monoisotopic (exact) mass is 450 g/mol. The second kappa shape index (κ2) is 9.19. The number of Topliss-reactive ketones (excluding diaryl/α,β-unsaturated/α-hetero) is 1. The molecular weight excluding hydrogens is 424 g/mol. The van der Waals surface area contributed by atoms with Crippen molar-refractivity contribution < 1.29 is 4.79 Å². The summed E-state index contributed by atoms with van der Waals surface area (Å²) in [5.41, 5.74) is 11.2. The standard InChI is InChI=1S/C34H26O/c35-29-23-13-22-28-30(24-14-5-1-6-15-24)31(25-16-7-2-8-17-25)32(26-18-9-3-10-19-26)33(34(28)29)27-20-11-4-12-21-27/h1-12,14-21H,13,22-23H2. The van der Waals surface area contributed by atoms with E-state index in [0.717, 1.165) is 46.2 Å². The smallest absolute Gasteiger partial charge is 0.163 e. The van der Waals surface area contributed by atoms with Gasteiger partial charge in [0.05, 0.1) is 0 Å². The number of carbonyl (C=O) groups excluding carboxylic acids is 1. The highest BCUT2D eigenvalue weighted by molar-refractivity contribution is 6.14. The summed E-state index contributed by atoms with van der Waals surface area (Å²) >= 11 is 0. The Bertz CT molecular complexity index is 1490. The highest BCUT2D eigenvalue weighted by Crippen LogP contribution is 2.51. The van der Waals surface area contributed by atoms with Crippen LogP contribution in [0.5, 0.6) is 0 Å². The summed E-state index contributed by atoms with van der Waals surface area (Å²) in [4.78, 5) is 13.7. The first-order valence-electron chi connectivity index (χ1n) is 12.3. The van der Waals surface area contributed by atoms with Crippen molar-refractivity contribution >= 4 is 5.78 Å². The van der Waals surface area contributed by atoms with E-state index in [1.54, 1.807) is 0 Å². The van der Waals surface area contributed by atoms with Crippen molar-refractivity contribution in [3.8, 4) is 44.5 Å². The van der Waals surface area contributed by atoms with E-state index in [0.29, 0.717) is 6.42 Å². The van der Waals surface area contributed by atoms with E-state index >= 15 is 0 Å². The number of rotatable bonds is 4. The molecular formula is C34H26O. The van der Waals surface area contributed by atoms with Crippen molar-refractivity contribution in [2.45, 2.75) is 19.3 Å². The van der Waals surface area contributed by atoms with E-state index in [4.69, 9.17) is 0 Å². The third kappa shape index (κ3) is 3.80. The molecule has 0 radical (unpaired) electrons. The molecule has 6 rings (SSSR count). The minimum atomic E-state index is 0.249. The van der Waals surface area contributed by atoms with E-state index in [-0.39, 0.29) is 5.78 Å². The van der Waals surface area contributed by atoms with Gasteiger partial charge in [0.25, 0.3) is 0 Å². The third-order valence-electron chi connectivity index (χ3n) is 6.96. The summed E-state index contributed by atoms with van der Waals surface area (Å²) in [5.74, 6) is 0.249. The normalized spacial score (nSPS) is 12.9. The van der Waals surface area contributed by atoms with Crippen LogP contribution in [0, 0.1) is 0 Å². The lowest BCUT2D eigenvalue weighted by Crippen LogP contribution is -2.16. The van der Waals surface area contributed by atoms with Crippen LogP contribution in [0.1, 0.15) is 28.8 Å².